The zero-order valence-corrected chi connectivity index (χ0v) is 12.0. The number of hydrogen-bond acceptors (Lipinski definition) is 3. The van der Waals surface area contributed by atoms with E-state index >= 15 is 0 Å². The Bertz CT molecular complexity index is 309. The monoisotopic (exact) mass is 290 g/mol. The number of rotatable bonds is 5. The first-order valence-corrected chi connectivity index (χ1v) is 6.77. The lowest BCUT2D eigenvalue weighted by molar-refractivity contribution is 0.351. The van der Waals surface area contributed by atoms with Gasteiger partial charge in [0.25, 0.3) is 0 Å². The SMILES string of the molecule is CN(CCC(C)(C)CN)c1cc(Br)cs1. The van der Waals surface area contributed by atoms with Crippen LogP contribution in [0.25, 0.3) is 0 Å². The topological polar surface area (TPSA) is 29.3 Å². The summed E-state index contributed by atoms with van der Waals surface area (Å²) in [7, 11) is 2.13. The van der Waals surface area contributed by atoms with E-state index < -0.39 is 0 Å². The van der Waals surface area contributed by atoms with E-state index in [0.717, 1.165) is 24.0 Å². The standard InChI is InChI=1S/C11H19BrN2S/c1-11(2,8-13)4-5-14(3)10-6-9(12)7-15-10/h6-7H,4-5,8,13H2,1-3H3. The molecule has 0 saturated carbocycles. The molecule has 1 aromatic rings. The number of nitrogens with two attached hydrogens (primary N) is 1. The Morgan fingerprint density at radius 1 is 1.53 bits per heavy atom. The van der Waals surface area contributed by atoms with E-state index in [1.165, 1.54) is 5.00 Å². The quantitative estimate of drug-likeness (QED) is 0.901. The van der Waals surface area contributed by atoms with Crippen molar-refractivity contribution in [1.82, 2.24) is 0 Å². The fourth-order valence-electron chi connectivity index (χ4n) is 1.19. The molecular weight excluding hydrogens is 272 g/mol. The maximum atomic E-state index is 5.71. The van der Waals surface area contributed by atoms with Gasteiger partial charge in [-0.2, -0.15) is 0 Å². The number of anilines is 1. The van der Waals surface area contributed by atoms with Crippen LogP contribution in [0.5, 0.6) is 0 Å². The van der Waals surface area contributed by atoms with Crippen LogP contribution in [-0.2, 0) is 0 Å². The van der Waals surface area contributed by atoms with E-state index in [0.29, 0.717) is 0 Å². The van der Waals surface area contributed by atoms with Crippen LogP contribution < -0.4 is 10.6 Å². The highest BCUT2D eigenvalue weighted by Gasteiger charge is 2.16. The van der Waals surface area contributed by atoms with Gasteiger partial charge in [-0.15, -0.1) is 11.3 Å². The largest absolute Gasteiger partial charge is 0.366 e. The van der Waals surface area contributed by atoms with Gasteiger partial charge in [0, 0.05) is 23.4 Å². The lowest BCUT2D eigenvalue weighted by Gasteiger charge is -2.26. The molecule has 0 saturated heterocycles. The molecule has 0 aliphatic rings. The molecule has 0 amide bonds. The van der Waals surface area contributed by atoms with Gasteiger partial charge in [0.1, 0.15) is 0 Å². The van der Waals surface area contributed by atoms with Crippen LogP contribution in [0.3, 0.4) is 0 Å². The summed E-state index contributed by atoms with van der Waals surface area (Å²) >= 11 is 5.23. The summed E-state index contributed by atoms with van der Waals surface area (Å²) in [6.07, 6.45) is 1.12. The van der Waals surface area contributed by atoms with E-state index in [4.69, 9.17) is 5.73 Å². The summed E-state index contributed by atoms with van der Waals surface area (Å²) in [5, 5.41) is 3.41. The van der Waals surface area contributed by atoms with Gasteiger partial charge in [-0.1, -0.05) is 13.8 Å². The second-order valence-electron chi connectivity index (χ2n) is 4.64. The van der Waals surface area contributed by atoms with Gasteiger partial charge in [0.2, 0.25) is 0 Å². The summed E-state index contributed by atoms with van der Waals surface area (Å²) < 4.78 is 1.16. The van der Waals surface area contributed by atoms with Crippen molar-refractivity contribution in [3.05, 3.63) is 15.9 Å². The molecule has 2 nitrogen and oxygen atoms in total. The first-order valence-electron chi connectivity index (χ1n) is 5.10. The number of halogens is 1. The maximum absolute atomic E-state index is 5.71. The molecule has 0 aromatic carbocycles. The predicted octanol–water partition coefficient (Wildman–Crippen LogP) is 3.32. The number of hydrogen-bond donors (Lipinski definition) is 1. The minimum absolute atomic E-state index is 0.239. The zero-order valence-electron chi connectivity index (χ0n) is 9.59. The molecular formula is C11H19BrN2S. The molecule has 0 atom stereocenters. The van der Waals surface area contributed by atoms with E-state index in [1.807, 2.05) is 0 Å². The van der Waals surface area contributed by atoms with Gasteiger partial charge in [-0.05, 0) is 40.4 Å². The minimum Gasteiger partial charge on any atom is -0.366 e. The Morgan fingerprint density at radius 2 is 2.20 bits per heavy atom. The highest BCUT2D eigenvalue weighted by atomic mass is 79.9. The van der Waals surface area contributed by atoms with Gasteiger partial charge in [-0.3, -0.25) is 0 Å². The summed E-state index contributed by atoms with van der Waals surface area (Å²) in [6, 6.07) is 2.15. The molecule has 0 unspecified atom stereocenters. The van der Waals surface area contributed by atoms with Crippen LogP contribution in [0.15, 0.2) is 15.9 Å². The Kier molecular flexibility index (Phi) is 4.62. The summed E-state index contributed by atoms with van der Waals surface area (Å²) in [4.78, 5) is 2.28. The van der Waals surface area contributed by atoms with E-state index in [9.17, 15) is 0 Å². The van der Waals surface area contributed by atoms with Crippen molar-refractivity contribution in [2.45, 2.75) is 20.3 Å². The fraction of sp³-hybridized carbons (Fsp3) is 0.636. The van der Waals surface area contributed by atoms with Gasteiger partial charge in [0.05, 0.1) is 5.00 Å². The lowest BCUT2D eigenvalue weighted by Crippen LogP contribution is -2.29. The fourth-order valence-corrected chi connectivity index (χ4v) is 2.60. The third-order valence-electron chi connectivity index (χ3n) is 2.61. The normalized spacial score (nSPS) is 11.8. The smallest absolute Gasteiger partial charge is 0.0917 e. The Balaban J connectivity index is 2.46. The maximum Gasteiger partial charge on any atom is 0.0917 e. The summed E-state index contributed by atoms with van der Waals surface area (Å²) in [5.41, 5.74) is 5.95. The number of nitrogens with zero attached hydrogens (tertiary/aromatic N) is 1. The van der Waals surface area contributed by atoms with Gasteiger partial charge in [-0.25, -0.2) is 0 Å². The Morgan fingerprint density at radius 3 is 2.67 bits per heavy atom. The van der Waals surface area contributed by atoms with Crippen molar-refractivity contribution in [2.24, 2.45) is 11.1 Å². The van der Waals surface area contributed by atoms with Crippen LogP contribution in [0.4, 0.5) is 5.00 Å². The van der Waals surface area contributed by atoms with Crippen molar-refractivity contribution < 1.29 is 0 Å². The first kappa shape index (κ1) is 13.0. The molecule has 1 heterocycles. The Labute approximate surface area is 105 Å². The molecule has 0 fully saturated rings. The van der Waals surface area contributed by atoms with Crippen LogP contribution in [-0.4, -0.2) is 20.1 Å². The Hall–Kier alpha value is -0.0600. The molecule has 0 aliphatic heterocycles. The first-order chi connectivity index (χ1) is 6.94. The van der Waals surface area contributed by atoms with Crippen LogP contribution in [0.2, 0.25) is 0 Å². The predicted molar refractivity (Wildman–Crippen MR) is 72.7 cm³/mol. The molecule has 1 rings (SSSR count). The molecule has 1 aromatic heterocycles. The third-order valence-corrected chi connectivity index (χ3v) is 4.41. The molecule has 0 radical (unpaired) electrons. The minimum atomic E-state index is 0.239. The molecule has 4 heteroatoms. The average Bonchev–Trinajstić information content (AvgIpc) is 2.61. The number of thiophene rings is 1. The molecule has 15 heavy (non-hydrogen) atoms. The second kappa shape index (κ2) is 5.32. The highest BCUT2D eigenvalue weighted by molar-refractivity contribution is 9.10. The average molecular weight is 291 g/mol. The van der Waals surface area contributed by atoms with E-state index in [2.05, 4.69) is 53.2 Å². The highest BCUT2D eigenvalue weighted by Crippen LogP contribution is 2.28. The molecule has 0 bridgehead atoms. The molecule has 86 valence electrons. The summed E-state index contributed by atoms with van der Waals surface area (Å²) in [5.74, 6) is 0. The van der Waals surface area contributed by atoms with Gasteiger partial charge >= 0.3 is 0 Å². The van der Waals surface area contributed by atoms with Gasteiger partial charge < -0.3 is 10.6 Å². The van der Waals surface area contributed by atoms with Crippen LogP contribution >= 0.6 is 27.3 Å². The van der Waals surface area contributed by atoms with Crippen molar-refractivity contribution in [3.63, 3.8) is 0 Å². The molecule has 0 aliphatic carbocycles. The van der Waals surface area contributed by atoms with Crippen LogP contribution in [0.1, 0.15) is 20.3 Å². The third kappa shape index (κ3) is 4.13. The van der Waals surface area contributed by atoms with E-state index in [-0.39, 0.29) is 5.41 Å². The van der Waals surface area contributed by atoms with Gasteiger partial charge in [0.15, 0.2) is 0 Å². The molecule has 2 N–H and O–H groups in total. The van der Waals surface area contributed by atoms with Crippen molar-refractivity contribution in [2.75, 3.05) is 25.0 Å². The van der Waals surface area contributed by atoms with Crippen molar-refractivity contribution >= 4 is 32.3 Å². The zero-order chi connectivity index (χ0) is 11.5. The second-order valence-corrected chi connectivity index (χ2v) is 6.45. The molecule has 0 spiro atoms. The van der Waals surface area contributed by atoms with Crippen molar-refractivity contribution in [3.8, 4) is 0 Å². The van der Waals surface area contributed by atoms with Crippen molar-refractivity contribution in [1.29, 1.82) is 0 Å². The lowest BCUT2D eigenvalue weighted by atomic mass is 9.89. The van der Waals surface area contributed by atoms with E-state index in [1.54, 1.807) is 11.3 Å². The summed E-state index contributed by atoms with van der Waals surface area (Å²) in [6.45, 7) is 6.22. The van der Waals surface area contributed by atoms with Crippen LogP contribution in [0, 0.1) is 5.41 Å².